The Morgan fingerprint density at radius 2 is 2.06 bits per heavy atom. The number of hydrogen-bond acceptors (Lipinski definition) is 2. The quantitative estimate of drug-likeness (QED) is 0.825. The number of aliphatic carboxylic acids is 1. The summed E-state index contributed by atoms with van der Waals surface area (Å²) in [6.07, 6.45) is 2.29. The molecule has 3 nitrogen and oxygen atoms in total. The summed E-state index contributed by atoms with van der Waals surface area (Å²) >= 11 is 0. The predicted octanol–water partition coefficient (Wildman–Crippen LogP) is 3.00. The van der Waals surface area contributed by atoms with Crippen molar-refractivity contribution >= 4 is 12.0 Å². The molecule has 1 N–H and O–H groups in total. The van der Waals surface area contributed by atoms with Gasteiger partial charge in [-0.25, -0.2) is 4.79 Å². The first-order valence-corrected chi connectivity index (χ1v) is 4.88. The third-order valence-corrected chi connectivity index (χ3v) is 2.26. The second-order valence-electron chi connectivity index (χ2n) is 3.48. The second-order valence-corrected chi connectivity index (χ2v) is 3.48. The maximum atomic E-state index is 12.2. The molecule has 0 aliphatic rings. The summed E-state index contributed by atoms with van der Waals surface area (Å²) in [5.74, 6) is -1.01. The van der Waals surface area contributed by atoms with E-state index in [1.165, 1.54) is 6.08 Å². The van der Waals surface area contributed by atoms with Crippen LogP contribution in [-0.4, -0.2) is 17.7 Å². The molecule has 0 bridgehead atoms. The molecule has 0 aromatic heterocycles. The molecule has 0 saturated heterocycles. The van der Waals surface area contributed by atoms with Gasteiger partial charge in [-0.3, -0.25) is 0 Å². The highest BCUT2D eigenvalue weighted by Crippen LogP contribution is 2.28. The lowest BCUT2D eigenvalue weighted by Gasteiger charge is -2.12. The molecule has 1 aromatic carbocycles. The number of alkyl halides is 2. The number of carbonyl (C=O) groups is 1. The van der Waals surface area contributed by atoms with Gasteiger partial charge >= 0.3 is 12.6 Å². The SMILES string of the molecule is Cc1ccc(/C=C/C(=O)O)c(C)c1OC(F)F. The van der Waals surface area contributed by atoms with Gasteiger partial charge in [0.1, 0.15) is 5.75 Å². The number of carboxylic acids is 1. The summed E-state index contributed by atoms with van der Waals surface area (Å²) in [5, 5.41) is 8.50. The Kier molecular flexibility index (Phi) is 4.20. The minimum atomic E-state index is -2.90. The van der Waals surface area contributed by atoms with Crippen molar-refractivity contribution < 1.29 is 23.4 Å². The van der Waals surface area contributed by atoms with Gasteiger partial charge in [-0.1, -0.05) is 12.1 Å². The van der Waals surface area contributed by atoms with Gasteiger partial charge in [0.15, 0.2) is 0 Å². The van der Waals surface area contributed by atoms with Crippen LogP contribution in [0.1, 0.15) is 16.7 Å². The third-order valence-electron chi connectivity index (χ3n) is 2.26. The highest BCUT2D eigenvalue weighted by atomic mass is 19.3. The molecule has 1 aromatic rings. The van der Waals surface area contributed by atoms with Gasteiger partial charge in [0.05, 0.1) is 0 Å². The molecular weight excluding hydrogens is 230 g/mol. The second kappa shape index (κ2) is 5.43. The molecule has 1 rings (SSSR count). The maximum absolute atomic E-state index is 12.2. The minimum Gasteiger partial charge on any atom is -0.478 e. The molecule has 0 heterocycles. The number of aryl methyl sites for hydroxylation is 1. The van der Waals surface area contributed by atoms with E-state index in [1.807, 2.05) is 0 Å². The molecule has 0 saturated carbocycles. The molecule has 17 heavy (non-hydrogen) atoms. The number of halogens is 2. The number of carboxylic acid groups (broad SMARTS) is 1. The van der Waals surface area contributed by atoms with E-state index in [4.69, 9.17) is 5.11 Å². The fraction of sp³-hybridized carbons (Fsp3) is 0.250. The average Bonchev–Trinajstić information content (AvgIpc) is 2.22. The Balaban J connectivity index is 3.14. The molecule has 0 amide bonds. The van der Waals surface area contributed by atoms with E-state index in [0.717, 1.165) is 6.08 Å². The smallest absolute Gasteiger partial charge is 0.387 e. The largest absolute Gasteiger partial charge is 0.478 e. The van der Waals surface area contributed by atoms with E-state index < -0.39 is 12.6 Å². The summed E-state index contributed by atoms with van der Waals surface area (Å²) in [5.41, 5.74) is 1.60. The van der Waals surface area contributed by atoms with Crippen LogP contribution in [-0.2, 0) is 4.79 Å². The Morgan fingerprint density at radius 3 is 2.59 bits per heavy atom. The Hall–Kier alpha value is -1.91. The zero-order valence-electron chi connectivity index (χ0n) is 9.41. The van der Waals surface area contributed by atoms with Crippen LogP contribution in [0, 0.1) is 13.8 Å². The van der Waals surface area contributed by atoms with Gasteiger partial charge < -0.3 is 9.84 Å². The highest BCUT2D eigenvalue weighted by Gasteiger charge is 2.12. The molecule has 0 radical (unpaired) electrons. The molecule has 0 spiro atoms. The van der Waals surface area contributed by atoms with Crippen molar-refractivity contribution in [2.24, 2.45) is 0 Å². The molecule has 0 atom stereocenters. The van der Waals surface area contributed by atoms with Crippen molar-refractivity contribution in [3.63, 3.8) is 0 Å². The van der Waals surface area contributed by atoms with Gasteiger partial charge in [-0.15, -0.1) is 0 Å². The lowest BCUT2D eigenvalue weighted by atomic mass is 10.0. The normalized spacial score (nSPS) is 11.1. The summed E-state index contributed by atoms with van der Waals surface area (Å²) in [6, 6.07) is 3.26. The lowest BCUT2D eigenvalue weighted by Crippen LogP contribution is -2.05. The van der Waals surface area contributed by atoms with Crippen LogP contribution in [0.2, 0.25) is 0 Å². The number of rotatable bonds is 4. The molecular formula is C12H12F2O3. The van der Waals surface area contributed by atoms with Crippen LogP contribution in [0.5, 0.6) is 5.75 Å². The third kappa shape index (κ3) is 3.55. The molecule has 0 aliphatic carbocycles. The molecule has 0 fully saturated rings. The Morgan fingerprint density at radius 1 is 1.41 bits per heavy atom. The number of ether oxygens (including phenoxy) is 1. The molecule has 92 valence electrons. The fourth-order valence-electron chi connectivity index (χ4n) is 1.45. The first kappa shape index (κ1) is 13.2. The van der Waals surface area contributed by atoms with E-state index in [1.54, 1.807) is 26.0 Å². The lowest BCUT2D eigenvalue weighted by molar-refractivity contribution is -0.131. The van der Waals surface area contributed by atoms with Crippen LogP contribution in [0.3, 0.4) is 0 Å². The average molecular weight is 242 g/mol. The first-order chi connectivity index (χ1) is 7.91. The van der Waals surface area contributed by atoms with Crippen molar-refractivity contribution in [1.29, 1.82) is 0 Å². The topological polar surface area (TPSA) is 46.5 Å². The monoisotopic (exact) mass is 242 g/mol. The van der Waals surface area contributed by atoms with Gasteiger partial charge in [0, 0.05) is 6.08 Å². The summed E-state index contributed by atoms with van der Waals surface area (Å²) < 4.78 is 28.8. The fourth-order valence-corrected chi connectivity index (χ4v) is 1.45. The van der Waals surface area contributed by atoms with Gasteiger partial charge in [0.2, 0.25) is 0 Å². The standard InChI is InChI=1S/C12H12F2O3/c1-7-3-4-9(5-6-10(15)16)8(2)11(7)17-12(13)14/h3-6,12H,1-2H3,(H,15,16)/b6-5+. The zero-order valence-corrected chi connectivity index (χ0v) is 9.41. The Labute approximate surface area is 97.3 Å². The van der Waals surface area contributed by atoms with Gasteiger partial charge in [-0.2, -0.15) is 8.78 Å². The molecule has 0 unspecified atom stereocenters. The van der Waals surface area contributed by atoms with Crippen LogP contribution in [0.4, 0.5) is 8.78 Å². The van der Waals surface area contributed by atoms with E-state index >= 15 is 0 Å². The van der Waals surface area contributed by atoms with Crippen LogP contribution >= 0.6 is 0 Å². The summed E-state index contributed by atoms with van der Waals surface area (Å²) in [6.45, 7) is 0.355. The predicted molar refractivity (Wildman–Crippen MR) is 59.2 cm³/mol. The highest BCUT2D eigenvalue weighted by molar-refractivity contribution is 5.85. The zero-order chi connectivity index (χ0) is 13.0. The van der Waals surface area contributed by atoms with Gasteiger partial charge in [0.25, 0.3) is 0 Å². The first-order valence-electron chi connectivity index (χ1n) is 4.88. The Bertz CT molecular complexity index is 453. The van der Waals surface area contributed by atoms with E-state index in [-0.39, 0.29) is 5.75 Å². The number of hydrogen-bond donors (Lipinski definition) is 1. The van der Waals surface area contributed by atoms with Crippen molar-refractivity contribution in [3.05, 3.63) is 34.9 Å². The van der Waals surface area contributed by atoms with Crippen LogP contribution in [0.25, 0.3) is 6.08 Å². The molecule has 5 heteroatoms. The van der Waals surface area contributed by atoms with E-state index in [9.17, 15) is 13.6 Å². The summed E-state index contributed by atoms with van der Waals surface area (Å²) in [7, 11) is 0. The van der Waals surface area contributed by atoms with Crippen molar-refractivity contribution in [2.75, 3.05) is 0 Å². The van der Waals surface area contributed by atoms with E-state index in [0.29, 0.717) is 16.7 Å². The number of benzene rings is 1. The van der Waals surface area contributed by atoms with Crippen molar-refractivity contribution in [2.45, 2.75) is 20.5 Å². The summed E-state index contributed by atoms with van der Waals surface area (Å²) in [4.78, 5) is 10.4. The minimum absolute atomic E-state index is 0.0903. The molecule has 0 aliphatic heterocycles. The van der Waals surface area contributed by atoms with Crippen LogP contribution < -0.4 is 4.74 Å². The van der Waals surface area contributed by atoms with E-state index in [2.05, 4.69) is 4.74 Å². The van der Waals surface area contributed by atoms with Crippen molar-refractivity contribution in [3.8, 4) is 5.75 Å². The van der Waals surface area contributed by atoms with Crippen molar-refractivity contribution in [1.82, 2.24) is 0 Å². The maximum Gasteiger partial charge on any atom is 0.387 e. The van der Waals surface area contributed by atoms with Crippen LogP contribution in [0.15, 0.2) is 18.2 Å². The van der Waals surface area contributed by atoms with Gasteiger partial charge in [-0.05, 0) is 36.6 Å².